The Morgan fingerprint density at radius 1 is 1.20 bits per heavy atom. The van der Waals surface area contributed by atoms with Gasteiger partial charge in [-0.1, -0.05) is 17.8 Å². The maximum atomic E-state index is 8.65. The van der Waals surface area contributed by atoms with Gasteiger partial charge in [-0.25, -0.2) is 4.98 Å². The van der Waals surface area contributed by atoms with Gasteiger partial charge in [0.2, 0.25) is 0 Å². The van der Waals surface area contributed by atoms with Crippen LogP contribution < -0.4 is 0 Å². The van der Waals surface area contributed by atoms with Crippen LogP contribution in [0.4, 0.5) is 0 Å². The number of nitrogens with zero attached hydrogens (tertiary/aromatic N) is 2. The van der Waals surface area contributed by atoms with E-state index < -0.39 is 0 Å². The third-order valence-corrected chi connectivity index (χ3v) is 3.72. The van der Waals surface area contributed by atoms with E-state index in [1.165, 1.54) is 11.1 Å². The van der Waals surface area contributed by atoms with Crippen LogP contribution in [0.3, 0.4) is 0 Å². The van der Waals surface area contributed by atoms with E-state index in [4.69, 9.17) is 9.84 Å². The minimum Gasteiger partial charge on any atom is -0.394 e. The van der Waals surface area contributed by atoms with E-state index >= 15 is 0 Å². The van der Waals surface area contributed by atoms with Crippen LogP contribution in [-0.4, -0.2) is 40.2 Å². The van der Waals surface area contributed by atoms with Gasteiger partial charge in [-0.05, 0) is 37.1 Å². The van der Waals surface area contributed by atoms with Crippen molar-refractivity contribution in [3.63, 3.8) is 0 Å². The molecule has 1 aromatic carbocycles. The van der Waals surface area contributed by atoms with Crippen molar-refractivity contribution in [2.45, 2.75) is 19.0 Å². The second kappa shape index (κ2) is 7.47. The lowest BCUT2D eigenvalue weighted by molar-refractivity contribution is 0.103. The number of hydrogen-bond acceptors (Lipinski definition) is 4. The van der Waals surface area contributed by atoms with Gasteiger partial charge in [-0.3, -0.25) is 4.57 Å². The van der Waals surface area contributed by atoms with Crippen molar-refractivity contribution in [1.29, 1.82) is 0 Å². The Labute approximate surface area is 123 Å². The number of aliphatic hydroxyl groups is 1. The summed E-state index contributed by atoms with van der Waals surface area (Å²) < 4.78 is 7.35. The van der Waals surface area contributed by atoms with E-state index in [9.17, 15) is 0 Å². The van der Waals surface area contributed by atoms with Crippen LogP contribution in [0.15, 0.2) is 35.7 Å². The number of ether oxygens (including phenoxy) is 1. The minimum absolute atomic E-state index is 0.0713. The average Bonchev–Trinajstić information content (AvgIpc) is 2.86. The number of aliphatic hydroxyl groups excluding tert-OH is 1. The maximum absolute atomic E-state index is 8.65. The maximum Gasteiger partial charge on any atom is 0.172 e. The minimum atomic E-state index is 0.0713. The van der Waals surface area contributed by atoms with Gasteiger partial charge < -0.3 is 9.84 Å². The number of hydrogen-bond donors (Lipinski definition) is 1. The van der Waals surface area contributed by atoms with Crippen LogP contribution in [0.5, 0.6) is 0 Å². The zero-order chi connectivity index (χ0) is 14.4. The molecule has 0 aliphatic rings. The Kier molecular flexibility index (Phi) is 5.64. The highest BCUT2D eigenvalue weighted by Gasteiger charge is 2.06. The Hall–Kier alpha value is -1.30. The zero-order valence-corrected chi connectivity index (χ0v) is 12.7. The Balaban J connectivity index is 2.04. The highest BCUT2D eigenvalue weighted by atomic mass is 32.2. The molecule has 0 aliphatic carbocycles. The molecule has 0 aliphatic heterocycles. The molecule has 1 heterocycles. The van der Waals surface area contributed by atoms with Crippen molar-refractivity contribution in [3.05, 3.63) is 41.7 Å². The van der Waals surface area contributed by atoms with Crippen LogP contribution in [-0.2, 0) is 4.74 Å². The SMILES string of the molecule is Cc1cc(C)cc(-n2ccnc2SCCOCCO)c1. The van der Waals surface area contributed by atoms with Gasteiger partial charge in [0.15, 0.2) is 5.16 Å². The van der Waals surface area contributed by atoms with Gasteiger partial charge in [0.1, 0.15) is 0 Å². The topological polar surface area (TPSA) is 47.3 Å². The summed E-state index contributed by atoms with van der Waals surface area (Å²) >= 11 is 1.66. The van der Waals surface area contributed by atoms with Crippen LogP contribution >= 0.6 is 11.8 Å². The molecule has 0 bridgehead atoms. The lowest BCUT2D eigenvalue weighted by atomic mass is 10.1. The normalized spacial score (nSPS) is 10.9. The Bertz CT molecular complexity index is 534. The van der Waals surface area contributed by atoms with Crippen LogP contribution in [0.2, 0.25) is 0 Å². The summed E-state index contributed by atoms with van der Waals surface area (Å²) in [6, 6.07) is 6.47. The summed E-state index contributed by atoms with van der Waals surface area (Å²) in [5.41, 5.74) is 3.63. The van der Waals surface area contributed by atoms with Crippen molar-refractivity contribution in [2.24, 2.45) is 0 Å². The van der Waals surface area contributed by atoms with E-state index in [0.717, 1.165) is 16.6 Å². The summed E-state index contributed by atoms with van der Waals surface area (Å²) in [7, 11) is 0. The van der Waals surface area contributed by atoms with Crippen molar-refractivity contribution in [2.75, 3.05) is 25.6 Å². The second-order valence-electron chi connectivity index (χ2n) is 4.61. The number of aryl methyl sites for hydroxylation is 2. The van der Waals surface area contributed by atoms with Crippen LogP contribution in [0.25, 0.3) is 5.69 Å². The summed E-state index contributed by atoms with van der Waals surface area (Å²) in [5.74, 6) is 0.821. The Morgan fingerprint density at radius 2 is 1.95 bits per heavy atom. The summed E-state index contributed by atoms with van der Waals surface area (Å²) in [5, 5.41) is 9.61. The van der Waals surface area contributed by atoms with Crippen LogP contribution in [0.1, 0.15) is 11.1 Å². The molecule has 2 aromatic rings. The molecule has 0 radical (unpaired) electrons. The number of rotatable bonds is 7. The molecule has 1 N–H and O–H groups in total. The van der Waals surface area contributed by atoms with E-state index in [1.54, 1.807) is 11.8 Å². The predicted octanol–water partition coefficient (Wildman–Crippen LogP) is 2.59. The van der Waals surface area contributed by atoms with E-state index in [-0.39, 0.29) is 6.61 Å². The van der Waals surface area contributed by atoms with Gasteiger partial charge in [-0.15, -0.1) is 0 Å². The first-order valence-corrected chi connectivity index (χ1v) is 7.62. The molecule has 0 unspecified atom stereocenters. The number of imidazole rings is 1. The highest BCUT2D eigenvalue weighted by molar-refractivity contribution is 7.99. The highest BCUT2D eigenvalue weighted by Crippen LogP contribution is 2.21. The fourth-order valence-electron chi connectivity index (χ4n) is 2.04. The first-order valence-electron chi connectivity index (χ1n) is 6.64. The third kappa shape index (κ3) is 4.10. The van der Waals surface area contributed by atoms with Crippen molar-refractivity contribution in [3.8, 4) is 5.69 Å². The number of aromatic nitrogens is 2. The molecule has 0 saturated carbocycles. The molecule has 108 valence electrons. The molecule has 4 nitrogen and oxygen atoms in total. The van der Waals surface area contributed by atoms with Crippen LogP contribution in [0, 0.1) is 13.8 Å². The van der Waals surface area contributed by atoms with Gasteiger partial charge in [0, 0.05) is 23.8 Å². The summed E-state index contributed by atoms with van der Waals surface area (Å²) in [6.07, 6.45) is 3.79. The smallest absolute Gasteiger partial charge is 0.172 e. The molecular formula is C15H20N2O2S. The molecule has 0 saturated heterocycles. The monoisotopic (exact) mass is 292 g/mol. The number of thioether (sulfide) groups is 1. The predicted molar refractivity (Wildman–Crippen MR) is 81.7 cm³/mol. The quantitative estimate of drug-likeness (QED) is 0.629. The zero-order valence-electron chi connectivity index (χ0n) is 11.9. The van der Waals surface area contributed by atoms with Gasteiger partial charge >= 0.3 is 0 Å². The summed E-state index contributed by atoms with van der Waals surface area (Å²) in [4.78, 5) is 4.39. The number of benzene rings is 1. The van der Waals surface area contributed by atoms with Gasteiger partial charge in [-0.2, -0.15) is 0 Å². The van der Waals surface area contributed by atoms with E-state index in [1.807, 2.05) is 12.4 Å². The standard InChI is InChI=1S/C15H20N2O2S/c1-12-9-13(2)11-14(10-12)17-4-3-16-15(17)20-8-7-19-6-5-18/h3-4,9-11,18H,5-8H2,1-2H3. The fraction of sp³-hybridized carbons (Fsp3) is 0.400. The molecule has 2 rings (SSSR count). The van der Waals surface area contributed by atoms with E-state index in [0.29, 0.717) is 13.2 Å². The van der Waals surface area contributed by atoms with Crippen molar-refractivity contribution in [1.82, 2.24) is 9.55 Å². The third-order valence-electron chi connectivity index (χ3n) is 2.79. The Morgan fingerprint density at radius 3 is 2.65 bits per heavy atom. The molecule has 20 heavy (non-hydrogen) atoms. The first-order chi connectivity index (χ1) is 9.70. The molecule has 0 amide bonds. The lowest BCUT2D eigenvalue weighted by Gasteiger charge is -2.09. The van der Waals surface area contributed by atoms with Gasteiger partial charge in [0.25, 0.3) is 0 Å². The molecule has 1 aromatic heterocycles. The fourth-order valence-corrected chi connectivity index (χ4v) is 2.87. The summed E-state index contributed by atoms with van der Waals surface area (Å²) in [6.45, 7) is 5.28. The average molecular weight is 292 g/mol. The second-order valence-corrected chi connectivity index (χ2v) is 5.67. The molecule has 0 atom stereocenters. The van der Waals surface area contributed by atoms with Crippen molar-refractivity contribution >= 4 is 11.8 Å². The lowest BCUT2D eigenvalue weighted by Crippen LogP contribution is -2.03. The van der Waals surface area contributed by atoms with Gasteiger partial charge in [0.05, 0.1) is 19.8 Å². The molecule has 5 heteroatoms. The first kappa shape index (κ1) is 15.1. The molecular weight excluding hydrogens is 272 g/mol. The molecule has 0 spiro atoms. The van der Waals surface area contributed by atoms with E-state index in [2.05, 4.69) is 41.6 Å². The largest absolute Gasteiger partial charge is 0.394 e. The van der Waals surface area contributed by atoms with Crippen molar-refractivity contribution < 1.29 is 9.84 Å². The molecule has 0 fully saturated rings.